The zero-order valence-corrected chi connectivity index (χ0v) is 10.1. The second kappa shape index (κ2) is 4.37. The molecule has 0 spiro atoms. The molecule has 2 heterocycles. The van der Waals surface area contributed by atoms with Crippen molar-refractivity contribution in [1.29, 1.82) is 0 Å². The summed E-state index contributed by atoms with van der Waals surface area (Å²) in [4.78, 5) is 4.55. The largest absolute Gasteiger partial charge is 0.339 e. The lowest BCUT2D eigenvalue weighted by Gasteiger charge is -2.02. The van der Waals surface area contributed by atoms with Gasteiger partial charge in [0.15, 0.2) is 5.82 Å². The van der Waals surface area contributed by atoms with Gasteiger partial charge < -0.3 is 10.3 Å². The summed E-state index contributed by atoms with van der Waals surface area (Å²) in [6.45, 7) is 0. The van der Waals surface area contributed by atoms with Crippen LogP contribution < -0.4 is 5.73 Å². The van der Waals surface area contributed by atoms with Crippen molar-refractivity contribution in [3.8, 4) is 0 Å². The van der Waals surface area contributed by atoms with Crippen molar-refractivity contribution in [2.75, 3.05) is 5.75 Å². The average molecular weight is 239 g/mol. The maximum atomic E-state index is 5.90. The number of hydrogen-bond acceptors (Lipinski definition) is 5. The van der Waals surface area contributed by atoms with Crippen molar-refractivity contribution >= 4 is 11.8 Å². The number of hydrogen-bond donors (Lipinski definition) is 1. The summed E-state index contributed by atoms with van der Waals surface area (Å²) in [6.07, 6.45) is 5.64. The van der Waals surface area contributed by atoms with Crippen LogP contribution in [0.15, 0.2) is 4.52 Å². The zero-order valence-electron chi connectivity index (χ0n) is 9.26. The minimum atomic E-state index is 0.321. The van der Waals surface area contributed by atoms with Gasteiger partial charge in [0.05, 0.1) is 5.25 Å². The summed E-state index contributed by atoms with van der Waals surface area (Å²) >= 11 is 1.94. The van der Waals surface area contributed by atoms with Crippen LogP contribution >= 0.6 is 11.8 Å². The Bertz CT molecular complexity index is 362. The van der Waals surface area contributed by atoms with Gasteiger partial charge in [0.25, 0.3) is 0 Å². The Hall–Kier alpha value is -0.550. The van der Waals surface area contributed by atoms with Crippen LogP contribution in [0, 0.1) is 0 Å². The minimum Gasteiger partial charge on any atom is -0.339 e. The van der Waals surface area contributed by atoms with Crippen LogP contribution in [0.25, 0.3) is 0 Å². The number of thioether (sulfide) groups is 1. The number of nitrogens with two attached hydrogens (primary N) is 1. The highest BCUT2D eigenvalue weighted by molar-refractivity contribution is 7.99. The molecule has 1 aliphatic carbocycles. The van der Waals surface area contributed by atoms with Gasteiger partial charge in [-0.25, -0.2) is 0 Å². The van der Waals surface area contributed by atoms with Crippen molar-refractivity contribution in [1.82, 2.24) is 10.1 Å². The van der Waals surface area contributed by atoms with Gasteiger partial charge >= 0.3 is 0 Å². The first-order chi connectivity index (χ1) is 7.83. The van der Waals surface area contributed by atoms with Crippen molar-refractivity contribution in [2.45, 2.75) is 49.3 Å². The molecule has 0 amide bonds. The highest BCUT2D eigenvalue weighted by Crippen LogP contribution is 2.39. The molecule has 4 nitrogen and oxygen atoms in total. The number of rotatable bonds is 2. The molecule has 0 bridgehead atoms. The quantitative estimate of drug-likeness (QED) is 0.857. The van der Waals surface area contributed by atoms with Gasteiger partial charge in [-0.3, -0.25) is 0 Å². The van der Waals surface area contributed by atoms with Gasteiger partial charge in [0, 0.05) is 12.0 Å². The van der Waals surface area contributed by atoms with Crippen LogP contribution in [-0.4, -0.2) is 21.9 Å². The normalized spacial score (nSPS) is 34.7. The highest BCUT2D eigenvalue weighted by atomic mass is 32.2. The molecule has 5 heteroatoms. The first-order valence-electron chi connectivity index (χ1n) is 6.03. The fraction of sp³-hybridized carbons (Fsp3) is 0.818. The van der Waals surface area contributed by atoms with Crippen LogP contribution in [0.4, 0.5) is 0 Å². The van der Waals surface area contributed by atoms with E-state index in [4.69, 9.17) is 10.3 Å². The van der Waals surface area contributed by atoms with E-state index in [1.54, 1.807) is 0 Å². The van der Waals surface area contributed by atoms with E-state index >= 15 is 0 Å². The summed E-state index contributed by atoms with van der Waals surface area (Å²) in [5, 5.41) is 4.59. The van der Waals surface area contributed by atoms with Gasteiger partial charge in [-0.05, 0) is 37.9 Å². The van der Waals surface area contributed by atoms with Gasteiger partial charge in [-0.1, -0.05) is 5.16 Å². The van der Waals surface area contributed by atoms with Crippen LogP contribution in [0.5, 0.6) is 0 Å². The molecule has 1 saturated heterocycles. The fourth-order valence-corrected chi connectivity index (χ4v) is 3.76. The van der Waals surface area contributed by atoms with Gasteiger partial charge in [0.2, 0.25) is 5.89 Å². The summed E-state index contributed by atoms with van der Waals surface area (Å²) in [7, 11) is 0. The lowest BCUT2D eigenvalue weighted by atomic mass is 10.1. The SMILES string of the molecule is NC1CCC(c2nc(C3CCCS3)no2)C1. The molecule has 1 saturated carbocycles. The number of aromatic nitrogens is 2. The molecule has 2 aliphatic rings. The third kappa shape index (κ3) is 1.98. The monoisotopic (exact) mass is 239 g/mol. The van der Waals surface area contributed by atoms with E-state index in [0.717, 1.165) is 31.0 Å². The lowest BCUT2D eigenvalue weighted by molar-refractivity contribution is 0.349. The Morgan fingerprint density at radius 3 is 2.94 bits per heavy atom. The summed E-state index contributed by atoms with van der Waals surface area (Å²) in [6, 6.07) is 0.321. The molecule has 88 valence electrons. The fourth-order valence-electron chi connectivity index (χ4n) is 2.57. The second-order valence-electron chi connectivity index (χ2n) is 4.76. The third-order valence-corrected chi connectivity index (χ3v) is 4.87. The number of nitrogens with zero attached hydrogens (tertiary/aromatic N) is 2. The van der Waals surface area contributed by atoms with Crippen LogP contribution in [0.2, 0.25) is 0 Å². The molecule has 1 aromatic rings. The molecular formula is C11H17N3OS. The average Bonchev–Trinajstić information content (AvgIpc) is 2.97. The van der Waals surface area contributed by atoms with Crippen molar-refractivity contribution < 1.29 is 4.52 Å². The molecule has 0 aromatic carbocycles. The Morgan fingerprint density at radius 2 is 2.25 bits per heavy atom. The van der Waals surface area contributed by atoms with Gasteiger partial charge in [-0.2, -0.15) is 16.7 Å². The van der Waals surface area contributed by atoms with E-state index < -0.39 is 0 Å². The van der Waals surface area contributed by atoms with E-state index in [0.29, 0.717) is 17.2 Å². The van der Waals surface area contributed by atoms with E-state index in [9.17, 15) is 0 Å². The second-order valence-corrected chi connectivity index (χ2v) is 6.07. The molecular weight excluding hydrogens is 222 g/mol. The molecule has 16 heavy (non-hydrogen) atoms. The van der Waals surface area contributed by atoms with Gasteiger partial charge in [0.1, 0.15) is 0 Å². The molecule has 3 unspecified atom stereocenters. The predicted molar refractivity (Wildman–Crippen MR) is 63.3 cm³/mol. The Kier molecular flexibility index (Phi) is 2.90. The Morgan fingerprint density at radius 1 is 1.31 bits per heavy atom. The maximum absolute atomic E-state index is 5.90. The molecule has 2 N–H and O–H groups in total. The van der Waals surface area contributed by atoms with E-state index in [1.165, 1.54) is 18.6 Å². The minimum absolute atomic E-state index is 0.321. The van der Waals surface area contributed by atoms with Gasteiger partial charge in [-0.15, -0.1) is 0 Å². The predicted octanol–water partition coefficient (Wildman–Crippen LogP) is 2.23. The first kappa shape index (κ1) is 10.6. The smallest absolute Gasteiger partial charge is 0.229 e. The van der Waals surface area contributed by atoms with E-state index in [-0.39, 0.29) is 0 Å². The lowest BCUT2D eigenvalue weighted by Crippen LogP contribution is -2.14. The summed E-state index contributed by atoms with van der Waals surface area (Å²) < 4.78 is 5.38. The standard InChI is InChI=1S/C11H17N3OS/c12-8-4-3-7(6-8)11-13-10(14-15-11)9-2-1-5-16-9/h7-9H,1-6,12H2. The van der Waals surface area contributed by atoms with E-state index in [1.807, 2.05) is 11.8 Å². The Labute approximate surface area is 99.4 Å². The molecule has 3 rings (SSSR count). The van der Waals surface area contributed by atoms with E-state index in [2.05, 4.69) is 10.1 Å². The zero-order chi connectivity index (χ0) is 11.0. The van der Waals surface area contributed by atoms with Crippen molar-refractivity contribution in [3.63, 3.8) is 0 Å². The summed E-state index contributed by atoms with van der Waals surface area (Å²) in [5.74, 6) is 3.35. The maximum Gasteiger partial charge on any atom is 0.229 e. The first-order valence-corrected chi connectivity index (χ1v) is 7.08. The van der Waals surface area contributed by atoms with Crippen LogP contribution in [0.3, 0.4) is 0 Å². The third-order valence-electron chi connectivity index (χ3n) is 3.50. The molecule has 2 fully saturated rings. The molecule has 0 radical (unpaired) electrons. The van der Waals surface area contributed by atoms with Crippen molar-refractivity contribution in [2.24, 2.45) is 5.73 Å². The summed E-state index contributed by atoms with van der Waals surface area (Å²) in [5.41, 5.74) is 5.90. The highest BCUT2D eigenvalue weighted by Gasteiger charge is 2.30. The topological polar surface area (TPSA) is 64.9 Å². The Balaban J connectivity index is 1.72. The molecule has 1 aliphatic heterocycles. The molecule has 3 atom stereocenters. The van der Waals surface area contributed by atoms with Crippen LogP contribution in [0.1, 0.15) is 55.0 Å². The van der Waals surface area contributed by atoms with Crippen molar-refractivity contribution in [3.05, 3.63) is 11.7 Å². The molecule has 1 aromatic heterocycles. The van der Waals surface area contributed by atoms with Crippen LogP contribution in [-0.2, 0) is 0 Å².